The van der Waals surface area contributed by atoms with Gasteiger partial charge < -0.3 is 34.9 Å². The Balaban J connectivity index is 2.61. The maximum atomic E-state index is 10.4. The zero-order valence-electron chi connectivity index (χ0n) is 8.00. The molecule has 10 heteroatoms. The van der Waals surface area contributed by atoms with Gasteiger partial charge in [0.1, 0.15) is 18.3 Å². The summed E-state index contributed by atoms with van der Waals surface area (Å²) in [6, 6.07) is 0. The predicted octanol–water partition coefficient (Wildman–Crippen LogP) is -3.10. The second-order valence-corrected chi connectivity index (χ2v) is 4.62. The van der Waals surface area contributed by atoms with Gasteiger partial charge in [-0.25, -0.2) is 4.57 Å². The largest absolute Gasteiger partial charge is 0.469 e. The molecule has 0 amide bonds. The van der Waals surface area contributed by atoms with Crippen LogP contribution < -0.4 is 0 Å². The molecule has 1 aliphatic heterocycles. The normalized spacial score (nSPS) is 40.2. The molecule has 4 atom stereocenters. The van der Waals surface area contributed by atoms with Crippen LogP contribution in [0, 0.1) is 0 Å². The molecular formula is C6H13O9P. The summed E-state index contributed by atoms with van der Waals surface area (Å²) in [6.45, 7) is -1.71. The number of aliphatic hydroxyl groups is 4. The Bertz CT molecular complexity index is 290. The molecule has 0 aliphatic carbocycles. The van der Waals surface area contributed by atoms with Gasteiger partial charge in [-0.1, -0.05) is 0 Å². The number of hydrogen-bond donors (Lipinski definition) is 6. The number of aliphatic hydroxyl groups excluding tert-OH is 3. The molecule has 1 aliphatic rings. The summed E-state index contributed by atoms with van der Waals surface area (Å²) in [7, 11) is -4.73. The summed E-state index contributed by atoms with van der Waals surface area (Å²) in [5.41, 5.74) is 0. The molecule has 1 unspecified atom stereocenters. The van der Waals surface area contributed by atoms with Crippen molar-refractivity contribution in [1.29, 1.82) is 0 Å². The van der Waals surface area contributed by atoms with Crippen LogP contribution in [0.5, 0.6) is 0 Å². The molecule has 0 bridgehead atoms. The third kappa shape index (κ3) is 2.98. The first-order valence-corrected chi connectivity index (χ1v) is 5.80. The molecule has 0 aromatic rings. The quantitative estimate of drug-likeness (QED) is 0.288. The Morgan fingerprint density at radius 3 is 2.31 bits per heavy atom. The second kappa shape index (κ2) is 4.65. The molecule has 1 rings (SSSR count). The monoisotopic (exact) mass is 260 g/mol. The summed E-state index contributed by atoms with van der Waals surface area (Å²) < 4.78 is 19.1. The minimum atomic E-state index is -4.73. The van der Waals surface area contributed by atoms with Gasteiger partial charge in [0, 0.05) is 0 Å². The Hall–Kier alpha value is -0.0900. The zero-order valence-corrected chi connectivity index (χ0v) is 8.90. The predicted molar refractivity (Wildman–Crippen MR) is 46.9 cm³/mol. The summed E-state index contributed by atoms with van der Waals surface area (Å²) >= 11 is 0. The average molecular weight is 260 g/mol. The van der Waals surface area contributed by atoms with E-state index in [1.54, 1.807) is 0 Å². The molecule has 0 aromatic carbocycles. The summed E-state index contributed by atoms with van der Waals surface area (Å²) in [6.07, 6.45) is -4.76. The van der Waals surface area contributed by atoms with Crippen LogP contribution in [0.25, 0.3) is 0 Å². The fraction of sp³-hybridized carbons (Fsp3) is 1.00. The van der Waals surface area contributed by atoms with E-state index < -0.39 is 45.1 Å². The van der Waals surface area contributed by atoms with Crippen molar-refractivity contribution in [1.82, 2.24) is 0 Å². The Morgan fingerprint density at radius 1 is 1.38 bits per heavy atom. The lowest BCUT2D eigenvalue weighted by atomic mass is 10.1. The fourth-order valence-electron chi connectivity index (χ4n) is 1.31. The summed E-state index contributed by atoms with van der Waals surface area (Å²) in [5.74, 6) is -2.36. The number of ether oxygens (including phenoxy) is 1. The minimum Gasteiger partial charge on any atom is -0.391 e. The molecule has 1 saturated heterocycles. The standard InChI is InChI=1S/C6H13O9P/c7-2-6(10)5(9)4(8)3(15-6)1-14-16(11,12)13/h3-5,7-10H,1-2H2,(H2,11,12,13)/t3-,4-,5+,6?/m0/s1. The highest BCUT2D eigenvalue weighted by Gasteiger charge is 2.53. The lowest BCUT2D eigenvalue weighted by Gasteiger charge is -2.22. The van der Waals surface area contributed by atoms with Gasteiger partial charge in [0.15, 0.2) is 0 Å². The molecule has 96 valence electrons. The molecule has 0 aromatic heterocycles. The van der Waals surface area contributed by atoms with Crippen molar-refractivity contribution in [3.8, 4) is 0 Å². The third-order valence-corrected chi connectivity index (χ3v) is 2.64. The van der Waals surface area contributed by atoms with Crippen LogP contribution in [0.1, 0.15) is 0 Å². The van der Waals surface area contributed by atoms with Crippen LogP contribution in [-0.4, -0.2) is 67.5 Å². The highest BCUT2D eigenvalue weighted by atomic mass is 31.2. The van der Waals surface area contributed by atoms with E-state index in [0.717, 1.165) is 0 Å². The van der Waals surface area contributed by atoms with Crippen molar-refractivity contribution in [2.75, 3.05) is 13.2 Å². The molecule has 1 fully saturated rings. The molecular weight excluding hydrogens is 247 g/mol. The van der Waals surface area contributed by atoms with E-state index in [0.29, 0.717) is 0 Å². The molecule has 1 heterocycles. The highest BCUT2D eigenvalue weighted by Crippen LogP contribution is 2.38. The van der Waals surface area contributed by atoms with Crippen LogP contribution >= 0.6 is 7.82 Å². The van der Waals surface area contributed by atoms with Crippen molar-refractivity contribution in [3.05, 3.63) is 0 Å². The Labute approximate surface area is 90.1 Å². The van der Waals surface area contributed by atoms with E-state index in [1.165, 1.54) is 0 Å². The van der Waals surface area contributed by atoms with E-state index in [2.05, 4.69) is 9.26 Å². The minimum absolute atomic E-state index is 0.731. The van der Waals surface area contributed by atoms with Crippen LogP contribution in [-0.2, 0) is 13.8 Å². The molecule has 6 N–H and O–H groups in total. The van der Waals surface area contributed by atoms with Crippen LogP contribution in [0.15, 0.2) is 0 Å². The topological polar surface area (TPSA) is 157 Å². The number of rotatable bonds is 4. The number of hydrogen-bond acceptors (Lipinski definition) is 7. The molecule has 0 saturated carbocycles. The van der Waals surface area contributed by atoms with Crippen LogP contribution in [0.4, 0.5) is 0 Å². The van der Waals surface area contributed by atoms with Crippen molar-refractivity contribution in [2.45, 2.75) is 24.1 Å². The van der Waals surface area contributed by atoms with Gasteiger partial charge in [0.05, 0.1) is 13.2 Å². The van der Waals surface area contributed by atoms with E-state index >= 15 is 0 Å². The maximum Gasteiger partial charge on any atom is 0.469 e. The zero-order chi connectivity index (χ0) is 12.6. The van der Waals surface area contributed by atoms with Crippen LogP contribution in [0.3, 0.4) is 0 Å². The van der Waals surface area contributed by atoms with Gasteiger partial charge in [-0.2, -0.15) is 0 Å². The smallest absolute Gasteiger partial charge is 0.391 e. The average Bonchev–Trinajstić information content (AvgIpc) is 2.40. The molecule has 16 heavy (non-hydrogen) atoms. The van der Waals surface area contributed by atoms with E-state index in [4.69, 9.17) is 14.9 Å². The van der Waals surface area contributed by atoms with Gasteiger partial charge >= 0.3 is 7.82 Å². The third-order valence-electron chi connectivity index (χ3n) is 2.16. The van der Waals surface area contributed by atoms with Gasteiger partial charge in [0.25, 0.3) is 0 Å². The molecule has 0 radical (unpaired) electrons. The summed E-state index contributed by atoms with van der Waals surface area (Å²) in [5, 5.41) is 36.7. The first-order chi connectivity index (χ1) is 7.19. The maximum absolute atomic E-state index is 10.4. The van der Waals surface area contributed by atoms with Gasteiger partial charge in [-0.15, -0.1) is 0 Å². The van der Waals surface area contributed by atoms with Gasteiger partial charge in [-0.05, 0) is 0 Å². The lowest BCUT2D eigenvalue weighted by molar-refractivity contribution is -0.247. The fourth-order valence-corrected chi connectivity index (χ4v) is 1.65. The Kier molecular flexibility index (Phi) is 4.06. The molecule has 0 spiro atoms. The van der Waals surface area contributed by atoms with Crippen molar-refractivity contribution in [2.24, 2.45) is 0 Å². The molecule has 9 nitrogen and oxygen atoms in total. The van der Waals surface area contributed by atoms with E-state index in [9.17, 15) is 19.9 Å². The van der Waals surface area contributed by atoms with Gasteiger partial charge in [-0.3, -0.25) is 4.52 Å². The van der Waals surface area contributed by atoms with Crippen molar-refractivity contribution in [3.63, 3.8) is 0 Å². The number of phosphoric acid groups is 1. The second-order valence-electron chi connectivity index (χ2n) is 3.38. The summed E-state index contributed by atoms with van der Waals surface area (Å²) in [4.78, 5) is 16.8. The lowest BCUT2D eigenvalue weighted by Crippen LogP contribution is -2.46. The first kappa shape index (κ1) is 14.0. The van der Waals surface area contributed by atoms with Crippen molar-refractivity contribution >= 4 is 7.82 Å². The van der Waals surface area contributed by atoms with Crippen LogP contribution in [0.2, 0.25) is 0 Å². The van der Waals surface area contributed by atoms with Gasteiger partial charge in [0.2, 0.25) is 5.79 Å². The number of phosphoric ester groups is 1. The SMILES string of the molecule is O=P(O)(O)OC[C@@H]1OC(O)(CO)[C@H](O)[C@H]1O. The van der Waals surface area contributed by atoms with E-state index in [1.807, 2.05) is 0 Å². The highest BCUT2D eigenvalue weighted by molar-refractivity contribution is 7.46. The first-order valence-electron chi connectivity index (χ1n) is 4.27. The Morgan fingerprint density at radius 2 is 1.94 bits per heavy atom. The van der Waals surface area contributed by atoms with E-state index in [-0.39, 0.29) is 0 Å². The van der Waals surface area contributed by atoms with Crippen molar-refractivity contribution < 1.29 is 44.0 Å².